The van der Waals surface area contributed by atoms with E-state index in [1.807, 2.05) is 6.08 Å². The van der Waals surface area contributed by atoms with E-state index in [4.69, 9.17) is 4.74 Å². The van der Waals surface area contributed by atoms with Crippen LogP contribution >= 0.6 is 0 Å². The Kier molecular flexibility index (Phi) is 1.50. The first-order valence-corrected chi connectivity index (χ1v) is 3.98. The molecule has 0 bridgehead atoms. The molecule has 0 amide bonds. The average Bonchev–Trinajstić information content (AvgIpc) is 2.05. The summed E-state index contributed by atoms with van der Waals surface area (Å²) >= 11 is 0. The molecule has 0 N–H and O–H groups in total. The van der Waals surface area contributed by atoms with Gasteiger partial charge >= 0.3 is 0 Å². The molecule has 10 heavy (non-hydrogen) atoms. The highest BCUT2D eigenvalue weighted by Gasteiger charge is 2.19. The number of fused-ring (bicyclic) bond motifs is 1. The summed E-state index contributed by atoms with van der Waals surface area (Å²) in [6, 6.07) is 0. The van der Waals surface area contributed by atoms with E-state index < -0.39 is 0 Å². The molecule has 1 atom stereocenters. The highest BCUT2D eigenvalue weighted by Crippen LogP contribution is 2.28. The van der Waals surface area contributed by atoms with Crippen molar-refractivity contribution in [1.29, 1.82) is 0 Å². The summed E-state index contributed by atoms with van der Waals surface area (Å²) < 4.78 is 5.43. The van der Waals surface area contributed by atoms with Gasteiger partial charge in [0.25, 0.3) is 0 Å². The molecule has 1 heteroatoms. The van der Waals surface area contributed by atoms with Gasteiger partial charge in [-0.1, -0.05) is 6.08 Å². The van der Waals surface area contributed by atoms with E-state index in [0.717, 1.165) is 0 Å². The van der Waals surface area contributed by atoms with E-state index in [2.05, 4.69) is 6.08 Å². The first-order chi connectivity index (χ1) is 4.97. The smallest absolute Gasteiger partial charge is 0.119 e. The van der Waals surface area contributed by atoms with Crippen molar-refractivity contribution >= 4 is 0 Å². The molecule has 2 rings (SSSR count). The highest BCUT2D eigenvalue weighted by atomic mass is 16.5. The lowest BCUT2D eigenvalue weighted by molar-refractivity contribution is 0.145. The van der Waals surface area contributed by atoms with Gasteiger partial charge in [-0.3, -0.25) is 0 Å². The van der Waals surface area contributed by atoms with Crippen molar-refractivity contribution < 1.29 is 4.74 Å². The monoisotopic (exact) mass is 136 g/mol. The molecule has 0 radical (unpaired) electrons. The van der Waals surface area contributed by atoms with Crippen LogP contribution in [0.1, 0.15) is 25.7 Å². The van der Waals surface area contributed by atoms with Crippen molar-refractivity contribution in [2.75, 3.05) is 0 Å². The first kappa shape index (κ1) is 6.02. The molecule has 1 aliphatic carbocycles. The minimum absolute atomic E-state index is 0.429. The Hall–Kier alpha value is -0.720. The molecule has 0 aromatic rings. The zero-order valence-corrected chi connectivity index (χ0v) is 6.05. The van der Waals surface area contributed by atoms with Gasteiger partial charge in [0.1, 0.15) is 6.10 Å². The maximum absolute atomic E-state index is 5.43. The quantitative estimate of drug-likeness (QED) is 0.497. The first-order valence-electron chi connectivity index (χ1n) is 3.98. The molecule has 0 spiro atoms. The predicted molar refractivity (Wildman–Crippen MR) is 40.6 cm³/mol. The Morgan fingerprint density at radius 3 is 3.30 bits per heavy atom. The zero-order chi connectivity index (χ0) is 6.81. The van der Waals surface area contributed by atoms with Crippen LogP contribution in [-0.4, -0.2) is 6.10 Å². The van der Waals surface area contributed by atoms with E-state index in [-0.39, 0.29) is 0 Å². The number of allylic oxidation sites excluding steroid dienone is 2. The topological polar surface area (TPSA) is 9.23 Å². The number of hydrogen-bond donors (Lipinski definition) is 0. The summed E-state index contributed by atoms with van der Waals surface area (Å²) in [7, 11) is 0. The molecule has 1 aliphatic heterocycles. The van der Waals surface area contributed by atoms with Gasteiger partial charge in [-0.2, -0.15) is 0 Å². The largest absolute Gasteiger partial charge is 0.494 e. The van der Waals surface area contributed by atoms with Crippen molar-refractivity contribution in [3.8, 4) is 0 Å². The van der Waals surface area contributed by atoms with E-state index >= 15 is 0 Å². The van der Waals surface area contributed by atoms with Crippen molar-refractivity contribution in [3.63, 3.8) is 0 Å². The van der Waals surface area contributed by atoms with E-state index in [1.165, 1.54) is 31.3 Å². The van der Waals surface area contributed by atoms with Crippen molar-refractivity contribution in [1.82, 2.24) is 0 Å². The number of ether oxygens (including phenoxy) is 1. The maximum atomic E-state index is 5.43. The fourth-order valence-electron chi connectivity index (χ4n) is 1.65. The van der Waals surface area contributed by atoms with Crippen LogP contribution in [0.25, 0.3) is 0 Å². The van der Waals surface area contributed by atoms with Gasteiger partial charge in [0, 0.05) is 0 Å². The summed E-state index contributed by atoms with van der Waals surface area (Å²) in [4.78, 5) is 0. The van der Waals surface area contributed by atoms with Crippen LogP contribution in [0.2, 0.25) is 0 Å². The van der Waals surface area contributed by atoms with Gasteiger partial charge in [-0.25, -0.2) is 0 Å². The lowest BCUT2D eigenvalue weighted by Gasteiger charge is -2.26. The van der Waals surface area contributed by atoms with Crippen molar-refractivity contribution in [2.45, 2.75) is 31.8 Å². The Balaban J connectivity index is 2.14. The Morgan fingerprint density at radius 1 is 1.40 bits per heavy atom. The van der Waals surface area contributed by atoms with Gasteiger partial charge in [0.2, 0.25) is 0 Å². The van der Waals surface area contributed by atoms with Crippen LogP contribution in [0.4, 0.5) is 0 Å². The van der Waals surface area contributed by atoms with Crippen LogP contribution in [0.5, 0.6) is 0 Å². The second-order valence-electron chi connectivity index (χ2n) is 2.94. The van der Waals surface area contributed by atoms with Gasteiger partial charge in [0.05, 0.1) is 6.26 Å². The maximum Gasteiger partial charge on any atom is 0.119 e. The summed E-state index contributed by atoms with van der Waals surface area (Å²) in [5.41, 5.74) is 1.49. The minimum atomic E-state index is 0.429. The predicted octanol–water partition coefficient (Wildman–Crippen LogP) is 2.40. The Bertz CT molecular complexity index is 179. The summed E-state index contributed by atoms with van der Waals surface area (Å²) in [6.45, 7) is 0. The molecule has 54 valence electrons. The minimum Gasteiger partial charge on any atom is -0.494 e. The van der Waals surface area contributed by atoms with Crippen LogP contribution in [0.15, 0.2) is 24.0 Å². The van der Waals surface area contributed by atoms with Crippen LogP contribution in [0, 0.1) is 0 Å². The lowest BCUT2D eigenvalue weighted by atomic mass is 9.91. The molecule has 1 fully saturated rings. The third-order valence-corrected chi connectivity index (χ3v) is 2.23. The number of rotatable bonds is 0. The standard InChI is InChI=1S/C9H12O/c1-2-6-9-8(4-1)5-3-7-10-9/h3,5,7,9H,1-2,4,6H2. The Labute approximate surface area is 61.4 Å². The molecule has 0 aromatic carbocycles. The molecule has 2 aliphatic rings. The van der Waals surface area contributed by atoms with Crippen molar-refractivity contribution in [2.24, 2.45) is 0 Å². The second kappa shape index (κ2) is 2.49. The van der Waals surface area contributed by atoms with E-state index in [9.17, 15) is 0 Å². The third kappa shape index (κ3) is 0.962. The fraction of sp³-hybridized carbons (Fsp3) is 0.556. The lowest BCUT2D eigenvalue weighted by Crippen LogP contribution is -2.18. The Morgan fingerprint density at radius 2 is 2.40 bits per heavy atom. The van der Waals surface area contributed by atoms with Gasteiger partial charge in [-0.05, 0) is 37.3 Å². The zero-order valence-electron chi connectivity index (χ0n) is 6.05. The average molecular weight is 136 g/mol. The summed E-state index contributed by atoms with van der Waals surface area (Å²) in [5.74, 6) is 0. The summed E-state index contributed by atoms with van der Waals surface area (Å²) in [6.07, 6.45) is 11.6. The SMILES string of the molecule is C1=COC2CCCCC2=C1. The van der Waals surface area contributed by atoms with Crippen LogP contribution < -0.4 is 0 Å². The molecule has 0 saturated heterocycles. The highest BCUT2D eigenvalue weighted by molar-refractivity contribution is 5.20. The third-order valence-electron chi connectivity index (χ3n) is 2.23. The van der Waals surface area contributed by atoms with Crippen LogP contribution in [-0.2, 0) is 4.74 Å². The van der Waals surface area contributed by atoms with Crippen LogP contribution in [0.3, 0.4) is 0 Å². The fourth-order valence-corrected chi connectivity index (χ4v) is 1.65. The summed E-state index contributed by atoms with van der Waals surface area (Å²) in [5, 5.41) is 0. The molecule has 1 heterocycles. The van der Waals surface area contributed by atoms with E-state index in [1.54, 1.807) is 6.26 Å². The number of hydrogen-bond acceptors (Lipinski definition) is 1. The van der Waals surface area contributed by atoms with Crippen molar-refractivity contribution in [3.05, 3.63) is 24.0 Å². The molecule has 1 saturated carbocycles. The normalized spacial score (nSPS) is 30.4. The van der Waals surface area contributed by atoms with Gasteiger partial charge < -0.3 is 4.74 Å². The second-order valence-corrected chi connectivity index (χ2v) is 2.94. The molecular formula is C9H12O. The van der Waals surface area contributed by atoms with Gasteiger partial charge in [0.15, 0.2) is 0 Å². The molecule has 1 nitrogen and oxygen atoms in total. The molecule has 0 aromatic heterocycles. The molecular weight excluding hydrogens is 124 g/mol. The van der Waals surface area contributed by atoms with Gasteiger partial charge in [-0.15, -0.1) is 0 Å². The van der Waals surface area contributed by atoms with E-state index in [0.29, 0.717) is 6.10 Å². The molecule has 1 unspecified atom stereocenters.